The molecule has 1 aromatic rings. The second kappa shape index (κ2) is 4.95. The number of aliphatic hydroxyl groups excluding tert-OH is 1. The lowest BCUT2D eigenvalue weighted by atomic mass is 10.1. The fraction of sp³-hybridized carbons (Fsp3) is 0.300. The highest BCUT2D eigenvalue weighted by molar-refractivity contribution is 7.92. The van der Waals surface area contributed by atoms with Crippen molar-refractivity contribution in [1.82, 2.24) is 0 Å². The summed E-state index contributed by atoms with van der Waals surface area (Å²) in [6.45, 7) is -0.732. The smallest absolute Gasteiger partial charge is 0.183 e. The fourth-order valence-corrected chi connectivity index (χ4v) is 2.23. The van der Waals surface area contributed by atoms with Gasteiger partial charge in [-0.25, -0.2) is 8.42 Å². The van der Waals surface area contributed by atoms with E-state index in [9.17, 15) is 13.2 Å². The van der Waals surface area contributed by atoms with Gasteiger partial charge in [-0.3, -0.25) is 4.79 Å². The van der Waals surface area contributed by atoms with Gasteiger partial charge in [0.05, 0.1) is 6.61 Å². The molecule has 1 N–H and O–H groups in total. The molecular formula is C10H11ClO4S. The van der Waals surface area contributed by atoms with Crippen LogP contribution in [-0.2, 0) is 9.84 Å². The molecule has 1 aromatic carbocycles. The summed E-state index contributed by atoms with van der Waals surface area (Å²) in [5.41, 5.74) is 0.178. The van der Waals surface area contributed by atoms with Crippen molar-refractivity contribution in [3.8, 4) is 0 Å². The van der Waals surface area contributed by atoms with E-state index in [1.54, 1.807) is 12.1 Å². The van der Waals surface area contributed by atoms with E-state index in [-0.39, 0.29) is 5.56 Å². The molecule has 0 amide bonds. The third-order valence-electron chi connectivity index (χ3n) is 2.08. The average Bonchev–Trinajstić information content (AvgIpc) is 2.16. The van der Waals surface area contributed by atoms with E-state index >= 15 is 0 Å². The Balaban J connectivity index is 3.11. The van der Waals surface area contributed by atoms with Crippen LogP contribution in [-0.4, -0.2) is 37.4 Å². The number of hydrogen-bond donors (Lipinski definition) is 1. The molecule has 1 rings (SSSR count). The summed E-state index contributed by atoms with van der Waals surface area (Å²) in [6.07, 6.45) is 0.913. The molecule has 0 bridgehead atoms. The van der Waals surface area contributed by atoms with E-state index in [1.165, 1.54) is 12.1 Å². The predicted molar refractivity (Wildman–Crippen MR) is 61.5 cm³/mol. The van der Waals surface area contributed by atoms with Crippen LogP contribution in [0.15, 0.2) is 24.3 Å². The first-order valence-electron chi connectivity index (χ1n) is 4.45. The second-order valence-electron chi connectivity index (χ2n) is 3.38. The number of rotatable bonds is 4. The summed E-state index contributed by atoms with van der Waals surface area (Å²) < 4.78 is 22.5. The van der Waals surface area contributed by atoms with Gasteiger partial charge in [-0.2, -0.15) is 0 Å². The quantitative estimate of drug-likeness (QED) is 0.820. The van der Waals surface area contributed by atoms with Crippen LogP contribution in [0.2, 0.25) is 5.02 Å². The molecule has 4 nitrogen and oxygen atoms in total. The summed E-state index contributed by atoms with van der Waals surface area (Å²) in [6, 6.07) is 5.96. The first kappa shape index (κ1) is 13.2. The number of sulfone groups is 1. The second-order valence-corrected chi connectivity index (χ2v) is 6.04. The zero-order chi connectivity index (χ0) is 12.3. The van der Waals surface area contributed by atoms with Crippen LogP contribution in [0.5, 0.6) is 0 Å². The van der Waals surface area contributed by atoms with E-state index in [0.717, 1.165) is 6.26 Å². The molecule has 0 saturated carbocycles. The third kappa shape index (κ3) is 3.04. The van der Waals surface area contributed by atoms with Crippen LogP contribution in [0.25, 0.3) is 0 Å². The molecule has 6 heteroatoms. The van der Waals surface area contributed by atoms with Gasteiger partial charge in [0.25, 0.3) is 0 Å². The molecule has 16 heavy (non-hydrogen) atoms. The minimum absolute atomic E-state index is 0.178. The number of benzene rings is 1. The maximum absolute atomic E-state index is 11.8. The summed E-state index contributed by atoms with van der Waals surface area (Å²) in [5.74, 6) is -0.646. The topological polar surface area (TPSA) is 71.4 Å². The maximum Gasteiger partial charge on any atom is 0.183 e. The van der Waals surface area contributed by atoms with Gasteiger partial charge in [0, 0.05) is 16.8 Å². The van der Waals surface area contributed by atoms with E-state index < -0.39 is 27.5 Å². The summed E-state index contributed by atoms with van der Waals surface area (Å²) in [7, 11) is -3.62. The minimum Gasteiger partial charge on any atom is -0.395 e. The number of Topliss-reactive ketones (excluding diaryl/α,β-unsaturated/α-hetero) is 1. The molecule has 0 aliphatic carbocycles. The first-order valence-corrected chi connectivity index (χ1v) is 6.79. The molecule has 0 aliphatic rings. The van der Waals surface area contributed by atoms with Gasteiger partial charge < -0.3 is 5.11 Å². The normalized spacial score (nSPS) is 13.4. The Morgan fingerprint density at radius 1 is 1.50 bits per heavy atom. The van der Waals surface area contributed by atoms with Crippen LogP contribution in [0.1, 0.15) is 10.4 Å². The maximum atomic E-state index is 11.8. The van der Waals surface area contributed by atoms with Crippen molar-refractivity contribution in [3.05, 3.63) is 34.9 Å². The Bertz CT molecular complexity index is 495. The van der Waals surface area contributed by atoms with Crippen LogP contribution in [0.4, 0.5) is 0 Å². The zero-order valence-electron chi connectivity index (χ0n) is 8.55. The Hall–Kier alpha value is -0.910. The van der Waals surface area contributed by atoms with Crippen molar-refractivity contribution in [1.29, 1.82) is 0 Å². The number of hydrogen-bond acceptors (Lipinski definition) is 4. The van der Waals surface area contributed by atoms with Crippen molar-refractivity contribution in [2.24, 2.45) is 0 Å². The highest BCUT2D eigenvalue weighted by Gasteiger charge is 2.28. The third-order valence-corrected chi connectivity index (χ3v) is 3.72. The van der Waals surface area contributed by atoms with Gasteiger partial charge in [-0.15, -0.1) is 0 Å². The molecule has 0 aliphatic heterocycles. The number of ketones is 1. The lowest BCUT2D eigenvalue weighted by Gasteiger charge is -2.10. The molecule has 0 aromatic heterocycles. The number of halogens is 1. The standard InChI is InChI=1S/C10H11ClO4S/c1-16(14,15)9(6-12)10(13)7-3-2-4-8(11)5-7/h2-5,9,12H,6H2,1H3/t9-/m1/s1. The molecule has 0 fully saturated rings. The monoisotopic (exact) mass is 262 g/mol. The molecule has 1 atom stereocenters. The van der Waals surface area contributed by atoms with Crippen LogP contribution in [0, 0.1) is 0 Å². The number of carbonyl (C=O) groups excluding carboxylic acids is 1. The molecule has 0 radical (unpaired) electrons. The van der Waals surface area contributed by atoms with Crippen molar-refractivity contribution in [3.63, 3.8) is 0 Å². The lowest BCUT2D eigenvalue weighted by Crippen LogP contribution is -2.33. The SMILES string of the molecule is CS(=O)(=O)[C@H](CO)C(=O)c1cccc(Cl)c1. The average molecular weight is 263 g/mol. The first-order chi connectivity index (χ1) is 7.36. The van der Waals surface area contributed by atoms with Gasteiger partial charge in [0.15, 0.2) is 15.6 Å². The lowest BCUT2D eigenvalue weighted by molar-refractivity contribution is 0.0962. The summed E-state index contributed by atoms with van der Waals surface area (Å²) in [4.78, 5) is 11.8. The van der Waals surface area contributed by atoms with Gasteiger partial charge in [0.2, 0.25) is 0 Å². The number of carbonyl (C=O) groups is 1. The van der Waals surface area contributed by atoms with Crippen molar-refractivity contribution in [2.75, 3.05) is 12.9 Å². The van der Waals surface area contributed by atoms with E-state index in [1.807, 2.05) is 0 Å². The predicted octanol–water partition coefficient (Wildman–Crippen LogP) is 0.928. The van der Waals surface area contributed by atoms with Crippen LogP contribution >= 0.6 is 11.6 Å². The van der Waals surface area contributed by atoms with Crippen LogP contribution < -0.4 is 0 Å². The van der Waals surface area contributed by atoms with Crippen molar-refractivity contribution in [2.45, 2.75) is 5.25 Å². The Morgan fingerprint density at radius 2 is 2.12 bits per heavy atom. The van der Waals surface area contributed by atoms with Crippen molar-refractivity contribution >= 4 is 27.2 Å². The highest BCUT2D eigenvalue weighted by Crippen LogP contribution is 2.14. The molecule has 0 heterocycles. The van der Waals surface area contributed by atoms with E-state index in [2.05, 4.69) is 0 Å². The minimum atomic E-state index is -3.62. The Labute approximate surface area is 98.8 Å². The fourth-order valence-electron chi connectivity index (χ4n) is 1.24. The van der Waals surface area contributed by atoms with Gasteiger partial charge in [-0.1, -0.05) is 23.7 Å². The Kier molecular flexibility index (Phi) is 4.07. The molecule has 88 valence electrons. The largest absolute Gasteiger partial charge is 0.395 e. The highest BCUT2D eigenvalue weighted by atomic mass is 35.5. The zero-order valence-corrected chi connectivity index (χ0v) is 10.1. The summed E-state index contributed by atoms with van der Waals surface area (Å²) >= 11 is 5.69. The molecule has 0 saturated heterocycles. The Morgan fingerprint density at radius 3 is 2.56 bits per heavy atom. The van der Waals surface area contributed by atoms with E-state index in [0.29, 0.717) is 5.02 Å². The summed E-state index contributed by atoms with van der Waals surface area (Å²) in [5, 5.41) is 7.85. The van der Waals surface area contributed by atoms with Crippen molar-refractivity contribution < 1.29 is 18.3 Å². The number of aliphatic hydroxyl groups is 1. The van der Waals surface area contributed by atoms with Crippen LogP contribution in [0.3, 0.4) is 0 Å². The van der Waals surface area contributed by atoms with E-state index in [4.69, 9.17) is 16.7 Å². The molecule has 0 unspecified atom stereocenters. The molecular weight excluding hydrogens is 252 g/mol. The van der Waals surface area contributed by atoms with Gasteiger partial charge in [0.1, 0.15) is 5.25 Å². The van der Waals surface area contributed by atoms with Gasteiger partial charge in [-0.05, 0) is 12.1 Å². The molecule has 0 spiro atoms. The van der Waals surface area contributed by atoms with Gasteiger partial charge >= 0.3 is 0 Å².